The molecule has 1 aliphatic heterocycles. The topological polar surface area (TPSA) is 56.5 Å². The van der Waals surface area contributed by atoms with Gasteiger partial charge in [0.2, 0.25) is 0 Å². The summed E-state index contributed by atoms with van der Waals surface area (Å²) in [7, 11) is 0. The molecule has 4 rings (SSSR count). The van der Waals surface area contributed by atoms with Gasteiger partial charge in [-0.15, -0.1) is 0 Å². The van der Waals surface area contributed by atoms with E-state index in [2.05, 4.69) is 13.8 Å². The SMILES string of the molecule is CC1=CC(=O)[C@H]2C(C)(C)CCC[C@@]23C(=O)O[C@@H](c2ccoc2)C[C@@H]13. The van der Waals surface area contributed by atoms with Crippen molar-refractivity contribution in [3.05, 3.63) is 35.8 Å². The second kappa shape index (κ2) is 5.08. The Morgan fingerprint density at radius 2 is 2.00 bits per heavy atom. The van der Waals surface area contributed by atoms with Gasteiger partial charge in [-0.25, -0.2) is 0 Å². The average molecular weight is 328 g/mol. The Morgan fingerprint density at radius 1 is 1.21 bits per heavy atom. The fourth-order valence-electron chi connectivity index (χ4n) is 5.57. The zero-order valence-electron chi connectivity index (χ0n) is 14.5. The molecule has 1 saturated heterocycles. The van der Waals surface area contributed by atoms with Crippen LogP contribution in [0.2, 0.25) is 0 Å². The molecule has 1 aromatic heterocycles. The molecule has 4 heteroatoms. The van der Waals surface area contributed by atoms with E-state index in [-0.39, 0.29) is 35.1 Å². The lowest BCUT2D eigenvalue weighted by molar-refractivity contribution is -0.196. The molecule has 0 bridgehead atoms. The number of esters is 1. The predicted molar refractivity (Wildman–Crippen MR) is 88.0 cm³/mol. The third-order valence-corrected chi connectivity index (χ3v) is 6.53. The lowest BCUT2D eigenvalue weighted by Crippen LogP contribution is -2.60. The molecule has 0 amide bonds. The molecule has 2 aliphatic carbocycles. The van der Waals surface area contributed by atoms with Gasteiger partial charge in [0.25, 0.3) is 0 Å². The van der Waals surface area contributed by atoms with Crippen LogP contribution in [0.4, 0.5) is 0 Å². The van der Waals surface area contributed by atoms with Crippen molar-refractivity contribution in [1.29, 1.82) is 0 Å². The largest absolute Gasteiger partial charge is 0.472 e. The summed E-state index contributed by atoms with van der Waals surface area (Å²) in [4.78, 5) is 26.1. The molecular weight excluding hydrogens is 304 g/mol. The summed E-state index contributed by atoms with van der Waals surface area (Å²) in [6.45, 7) is 6.24. The first kappa shape index (κ1) is 15.7. The molecule has 2 heterocycles. The fraction of sp³-hybridized carbons (Fsp3) is 0.600. The number of furan rings is 1. The maximum atomic E-state index is 13.2. The lowest BCUT2D eigenvalue weighted by atomic mass is 9.46. The number of carbonyl (C=O) groups is 2. The van der Waals surface area contributed by atoms with E-state index in [0.717, 1.165) is 36.8 Å². The molecule has 24 heavy (non-hydrogen) atoms. The second-order valence-corrected chi connectivity index (χ2v) is 8.35. The van der Waals surface area contributed by atoms with E-state index in [1.165, 1.54) is 0 Å². The van der Waals surface area contributed by atoms with Gasteiger partial charge in [0.1, 0.15) is 6.10 Å². The first-order valence-electron chi connectivity index (χ1n) is 8.81. The van der Waals surface area contributed by atoms with Crippen LogP contribution in [0.1, 0.15) is 58.1 Å². The van der Waals surface area contributed by atoms with Crippen LogP contribution in [0.15, 0.2) is 34.7 Å². The number of ketones is 1. The highest BCUT2D eigenvalue weighted by molar-refractivity contribution is 6.00. The maximum Gasteiger partial charge on any atom is 0.314 e. The zero-order valence-corrected chi connectivity index (χ0v) is 14.5. The van der Waals surface area contributed by atoms with E-state index in [9.17, 15) is 9.59 Å². The van der Waals surface area contributed by atoms with Gasteiger partial charge in [0.05, 0.1) is 17.9 Å². The molecule has 1 saturated carbocycles. The van der Waals surface area contributed by atoms with Crippen molar-refractivity contribution >= 4 is 11.8 Å². The Bertz CT molecular complexity index is 712. The summed E-state index contributed by atoms with van der Waals surface area (Å²) in [5.74, 6) is -0.290. The number of hydrogen-bond acceptors (Lipinski definition) is 4. The summed E-state index contributed by atoms with van der Waals surface area (Å²) in [6.07, 6.45) is 8.17. The van der Waals surface area contributed by atoms with Gasteiger partial charge in [-0.2, -0.15) is 0 Å². The van der Waals surface area contributed by atoms with Crippen LogP contribution in [-0.2, 0) is 14.3 Å². The maximum absolute atomic E-state index is 13.2. The van der Waals surface area contributed by atoms with Crippen LogP contribution in [0, 0.1) is 22.7 Å². The van der Waals surface area contributed by atoms with Crippen LogP contribution in [-0.4, -0.2) is 11.8 Å². The minimum atomic E-state index is -0.683. The van der Waals surface area contributed by atoms with Crippen LogP contribution in [0.25, 0.3) is 0 Å². The van der Waals surface area contributed by atoms with Crippen LogP contribution in [0.3, 0.4) is 0 Å². The van der Waals surface area contributed by atoms with Crippen molar-refractivity contribution < 1.29 is 18.7 Å². The quantitative estimate of drug-likeness (QED) is 0.724. The molecule has 1 spiro atoms. The Balaban J connectivity index is 1.81. The first-order chi connectivity index (χ1) is 11.4. The van der Waals surface area contributed by atoms with Gasteiger partial charge in [-0.3, -0.25) is 9.59 Å². The Labute approximate surface area is 142 Å². The number of carbonyl (C=O) groups excluding carboxylic acids is 2. The molecule has 2 fully saturated rings. The second-order valence-electron chi connectivity index (χ2n) is 8.35. The van der Waals surface area contributed by atoms with Crippen molar-refractivity contribution in [1.82, 2.24) is 0 Å². The monoisotopic (exact) mass is 328 g/mol. The van der Waals surface area contributed by atoms with Gasteiger partial charge in [0.15, 0.2) is 5.78 Å². The van der Waals surface area contributed by atoms with Gasteiger partial charge in [-0.05, 0) is 43.7 Å². The van der Waals surface area contributed by atoms with Crippen molar-refractivity contribution in [3.63, 3.8) is 0 Å². The standard InChI is InChI=1S/C20H24O4/c1-12-9-15(21)17-19(2,3)6-4-7-20(17)14(12)10-16(24-18(20)22)13-5-8-23-11-13/h5,8-9,11,14,16-17H,4,6-7,10H2,1-3H3/t14-,16+,17-,20-/m0/s1. The van der Waals surface area contributed by atoms with Crippen molar-refractivity contribution in [3.8, 4) is 0 Å². The lowest BCUT2D eigenvalue weighted by Gasteiger charge is -2.57. The van der Waals surface area contributed by atoms with E-state index in [1.807, 2.05) is 13.0 Å². The van der Waals surface area contributed by atoms with Gasteiger partial charge in [0, 0.05) is 17.4 Å². The van der Waals surface area contributed by atoms with Crippen molar-refractivity contribution in [2.24, 2.45) is 22.7 Å². The number of cyclic esters (lactones) is 1. The fourth-order valence-corrected chi connectivity index (χ4v) is 5.57. The molecule has 4 atom stereocenters. The zero-order chi connectivity index (χ0) is 17.1. The Kier molecular flexibility index (Phi) is 3.32. The van der Waals surface area contributed by atoms with Gasteiger partial charge < -0.3 is 9.15 Å². The first-order valence-corrected chi connectivity index (χ1v) is 8.81. The highest BCUT2D eigenvalue weighted by Gasteiger charge is 2.65. The van der Waals surface area contributed by atoms with E-state index in [0.29, 0.717) is 0 Å². The van der Waals surface area contributed by atoms with Crippen molar-refractivity contribution in [2.75, 3.05) is 0 Å². The summed E-state index contributed by atoms with van der Waals surface area (Å²) < 4.78 is 11.0. The molecule has 0 unspecified atom stereocenters. The molecular formula is C20H24O4. The molecule has 128 valence electrons. The minimum Gasteiger partial charge on any atom is -0.472 e. The summed E-state index contributed by atoms with van der Waals surface area (Å²) in [6, 6.07) is 1.85. The van der Waals surface area contributed by atoms with Crippen LogP contribution < -0.4 is 0 Å². The van der Waals surface area contributed by atoms with Gasteiger partial charge in [-0.1, -0.05) is 25.8 Å². The predicted octanol–water partition coefficient (Wildman–Crippen LogP) is 4.23. The molecule has 3 aliphatic rings. The summed E-state index contributed by atoms with van der Waals surface area (Å²) in [5.41, 5.74) is 1.07. The van der Waals surface area contributed by atoms with Gasteiger partial charge >= 0.3 is 5.97 Å². The number of ether oxygens (including phenoxy) is 1. The van der Waals surface area contributed by atoms with E-state index < -0.39 is 5.41 Å². The Morgan fingerprint density at radius 3 is 2.71 bits per heavy atom. The van der Waals surface area contributed by atoms with Crippen molar-refractivity contribution in [2.45, 2.75) is 52.6 Å². The molecule has 0 aromatic carbocycles. The molecule has 4 nitrogen and oxygen atoms in total. The Hall–Kier alpha value is -1.84. The van der Waals surface area contributed by atoms with E-state index >= 15 is 0 Å². The highest BCUT2D eigenvalue weighted by Crippen LogP contribution is 2.63. The third kappa shape index (κ3) is 1.98. The molecule has 0 N–H and O–H groups in total. The minimum absolute atomic E-state index is 0.0703. The molecule has 1 aromatic rings. The van der Waals surface area contributed by atoms with E-state index in [1.54, 1.807) is 18.6 Å². The third-order valence-electron chi connectivity index (χ3n) is 6.53. The summed E-state index contributed by atoms with van der Waals surface area (Å²) >= 11 is 0. The number of allylic oxidation sites excluding steroid dienone is 2. The van der Waals surface area contributed by atoms with Crippen LogP contribution >= 0.6 is 0 Å². The van der Waals surface area contributed by atoms with E-state index in [4.69, 9.17) is 9.15 Å². The molecule has 0 radical (unpaired) electrons. The van der Waals surface area contributed by atoms with Crippen LogP contribution in [0.5, 0.6) is 0 Å². The smallest absolute Gasteiger partial charge is 0.314 e. The average Bonchev–Trinajstić information content (AvgIpc) is 3.02. The summed E-state index contributed by atoms with van der Waals surface area (Å²) in [5, 5.41) is 0. The normalized spacial score (nSPS) is 38.0. The number of rotatable bonds is 1. The number of hydrogen-bond donors (Lipinski definition) is 0. The highest BCUT2D eigenvalue weighted by atomic mass is 16.5.